The number of halogens is 4. The summed E-state index contributed by atoms with van der Waals surface area (Å²) in [6.07, 6.45) is 3.14. The van der Waals surface area contributed by atoms with Crippen LogP contribution in [0.4, 0.5) is 18.9 Å². The molecule has 2 atom stereocenters. The molecule has 5 rings (SSSR count). The monoisotopic (exact) mass is 701 g/mol. The number of nitrogens with one attached hydrogen (secondary N) is 1. The van der Waals surface area contributed by atoms with Crippen LogP contribution in [0.2, 0.25) is 0 Å². The Kier molecular flexibility index (Phi) is 9.36. The third-order valence-electron chi connectivity index (χ3n) is 7.41. The van der Waals surface area contributed by atoms with Crippen LogP contribution in [0.1, 0.15) is 36.8 Å². The maximum absolute atomic E-state index is 13.0. The maximum Gasteiger partial charge on any atom is 0.416 e. The van der Waals surface area contributed by atoms with E-state index in [4.69, 9.17) is 4.74 Å². The number of aromatic nitrogens is 2. The van der Waals surface area contributed by atoms with Crippen molar-refractivity contribution in [2.45, 2.75) is 59.5 Å². The minimum Gasteiger partial charge on any atom is -0.474 e. The third-order valence-corrected chi connectivity index (χ3v) is 10.2. The minimum atomic E-state index is -4.35. The Bertz CT molecular complexity index is 1390. The molecule has 4 heterocycles. The van der Waals surface area contributed by atoms with E-state index in [0.717, 1.165) is 30.9 Å². The van der Waals surface area contributed by atoms with Gasteiger partial charge in [0.25, 0.3) is 0 Å². The smallest absolute Gasteiger partial charge is 0.416 e. The molecule has 0 amide bonds. The molecule has 0 radical (unpaired) electrons. The first-order chi connectivity index (χ1) is 19.6. The van der Waals surface area contributed by atoms with E-state index in [2.05, 4.69) is 42.2 Å². The Morgan fingerprint density at radius 2 is 1.68 bits per heavy atom. The van der Waals surface area contributed by atoms with Crippen LogP contribution in [0, 0.1) is 0 Å². The van der Waals surface area contributed by atoms with Crippen LogP contribution < -0.4 is 14.4 Å². The van der Waals surface area contributed by atoms with Crippen molar-refractivity contribution < 1.29 is 26.3 Å². The average Bonchev–Trinajstić information content (AvgIpc) is 2.95. The highest BCUT2D eigenvalue weighted by atomic mass is 127. The number of pyridine rings is 2. The predicted molar refractivity (Wildman–Crippen MR) is 157 cm³/mol. The van der Waals surface area contributed by atoms with Crippen LogP contribution in [0.3, 0.4) is 0 Å². The molecular formula is C28H31F3IN5O3S. The van der Waals surface area contributed by atoms with Gasteiger partial charge in [-0.3, -0.25) is 9.88 Å². The van der Waals surface area contributed by atoms with Gasteiger partial charge in [-0.05, 0) is 60.9 Å². The highest BCUT2D eigenvalue weighted by Gasteiger charge is 2.31. The number of anilines is 1. The Morgan fingerprint density at radius 3 is 2.29 bits per heavy atom. The summed E-state index contributed by atoms with van der Waals surface area (Å²) in [5.74, 6) is 0.341. The van der Waals surface area contributed by atoms with Crippen LogP contribution in [0.15, 0.2) is 72.0 Å². The van der Waals surface area contributed by atoms with Crippen molar-refractivity contribution in [1.82, 2.24) is 19.6 Å². The van der Waals surface area contributed by atoms with Gasteiger partial charge in [0.1, 0.15) is 11.0 Å². The van der Waals surface area contributed by atoms with Crippen LogP contribution in [0.25, 0.3) is 0 Å². The second-order valence-corrected chi connectivity index (χ2v) is 13.4. The molecule has 2 aliphatic heterocycles. The van der Waals surface area contributed by atoms with Crippen molar-refractivity contribution in [3.8, 4) is 5.88 Å². The zero-order chi connectivity index (χ0) is 29.0. The predicted octanol–water partition coefficient (Wildman–Crippen LogP) is 5.25. The SMILES string of the molecule is O=S(=O)(NC1CCN(Cc2ccncc2)C(I)C1)c1ccc(OC2CCN(c3ccc(C(F)(F)F)cc3)CC2)nc1. The molecule has 2 aromatic heterocycles. The quantitative estimate of drug-likeness (QED) is 0.195. The fourth-order valence-electron chi connectivity index (χ4n) is 5.12. The van der Waals surface area contributed by atoms with E-state index in [9.17, 15) is 21.6 Å². The number of hydrogen-bond acceptors (Lipinski definition) is 7. The van der Waals surface area contributed by atoms with Crippen molar-refractivity contribution in [2.24, 2.45) is 0 Å². The summed E-state index contributed by atoms with van der Waals surface area (Å²) in [5.41, 5.74) is 1.26. The summed E-state index contributed by atoms with van der Waals surface area (Å²) in [4.78, 5) is 12.7. The van der Waals surface area contributed by atoms with Gasteiger partial charge >= 0.3 is 6.18 Å². The number of sulfonamides is 1. The Hall–Kier alpha value is -2.49. The molecule has 0 bridgehead atoms. The van der Waals surface area contributed by atoms with Crippen molar-refractivity contribution in [3.05, 3.63) is 78.2 Å². The van der Waals surface area contributed by atoms with Gasteiger partial charge in [-0.1, -0.05) is 22.6 Å². The molecule has 2 aliphatic rings. The molecule has 41 heavy (non-hydrogen) atoms. The molecule has 1 N–H and O–H groups in total. The minimum absolute atomic E-state index is 0.0891. The number of hydrogen-bond donors (Lipinski definition) is 1. The summed E-state index contributed by atoms with van der Waals surface area (Å²) in [6, 6.07) is 12.1. The van der Waals surface area contributed by atoms with Gasteiger partial charge < -0.3 is 9.64 Å². The normalized spacial score (nSPS) is 21.1. The number of piperidine rings is 2. The molecule has 2 saturated heterocycles. The summed E-state index contributed by atoms with van der Waals surface area (Å²) < 4.78 is 73.6. The zero-order valence-corrected chi connectivity index (χ0v) is 25.1. The largest absolute Gasteiger partial charge is 0.474 e. The molecular weight excluding hydrogens is 670 g/mol. The number of nitrogens with zero attached hydrogens (tertiary/aromatic N) is 4. The van der Waals surface area contributed by atoms with E-state index in [0.29, 0.717) is 44.7 Å². The lowest BCUT2D eigenvalue weighted by Gasteiger charge is -2.36. The van der Waals surface area contributed by atoms with Crippen molar-refractivity contribution in [2.75, 3.05) is 24.5 Å². The van der Waals surface area contributed by atoms with E-state index in [1.54, 1.807) is 18.5 Å². The maximum atomic E-state index is 13.0. The summed E-state index contributed by atoms with van der Waals surface area (Å²) >= 11 is 2.37. The average molecular weight is 702 g/mol. The van der Waals surface area contributed by atoms with Crippen molar-refractivity contribution >= 4 is 38.3 Å². The fraction of sp³-hybridized carbons (Fsp3) is 0.429. The van der Waals surface area contributed by atoms with Gasteiger partial charge in [0.2, 0.25) is 15.9 Å². The van der Waals surface area contributed by atoms with Gasteiger partial charge in [-0.2, -0.15) is 13.2 Å². The van der Waals surface area contributed by atoms with Crippen LogP contribution >= 0.6 is 22.6 Å². The van der Waals surface area contributed by atoms with Crippen molar-refractivity contribution in [1.29, 1.82) is 0 Å². The standard InChI is InChI=1S/C28H31F3IN5O3S/c29-28(30,31)21-1-3-23(4-2-21)36-15-10-24(11-16-36)40-27-6-5-25(18-34-27)41(38,39)35-22-9-14-37(26(32)17-22)19-20-7-12-33-13-8-20/h1-8,12-13,18,22,24,26,35H,9-11,14-17,19H2. The number of likely N-dealkylation sites (tertiary alicyclic amines) is 1. The summed E-state index contributed by atoms with van der Waals surface area (Å²) in [7, 11) is -3.74. The Balaban J connectivity index is 1.09. The van der Waals surface area contributed by atoms with Gasteiger partial charge in [0.15, 0.2) is 0 Å². The Morgan fingerprint density at radius 1 is 0.976 bits per heavy atom. The first-order valence-electron chi connectivity index (χ1n) is 13.4. The second-order valence-electron chi connectivity index (χ2n) is 10.3. The number of rotatable bonds is 8. The zero-order valence-electron chi connectivity index (χ0n) is 22.2. The molecule has 0 saturated carbocycles. The van der Waals surface area contributed by atoms with E-state index in [-0.39, 0.29) is 21.1 Å². The second kappa shape index (κ2) is 12.8. The lowest BCUT2D eigenvalue weighted by Crippen LogP contribution is -2.47. The highest BCUT2D eigenvalue weighted by Crippen LogP contribution is 2.31. The lowest BCUT2D eigenvalue weighted by atomic mass is 10.1. The molecule has 3 aromatic rings. The van der Waals surface area contributed by atoms with E-state index < -0.39 is 21.8 Å². The van der Waals surface area contributed by atoms with Crippen molar-refractivity contribution in [3.63, 3.8) is 0 Å². The van der Waals surface area contributed by atoms with E-state index in [1.807, 2.05) is 17.0 Å². The number of benzene rings is 1. The fourth-order valence-corrected chi connectivity index (χ4v) is 7.43. The van der Waals surface area contributed by atoms with Crippen LogP contribution in [-0.2, 0) is 22.7 Å². The number of alkyl halides is 4. The van der Waals surface area contributed by atoms with Crippen LogP contribution in [0.5, 0.6) is 5.88 Å². The van der Waals surface area contributed by atoms with Gasteiger partial charge in [0, 0.05) is 69.2 Å². The molecule has 2 unspecified atom stereocenters. The van der Waals surface area contributed by atoms with E-state index in [1.165, 1.54) is 30.0 Å². The molecule has 8 nitrogen and oxygen atoms in total. The van der Waals surface area contributed by atoms with Crippen LogP contribution in [-0.4, -0.2) is 59.1 Å². The molecule has 0 aliphatic carbocycles. The number of ether oxygens (including phenoxy) is 1. The molecule has 2 fully saturated rings. The Labute approximate surface area is 251 Å². The summed E-state index contributed by atoms with van der Waals surface area (Å²) in [6.45, 7) is 2.85. The van der Waals surface area contributed by atoms with Gasteiger partial charge in [0.05, 0.1) is 15.8 Å². The van der Waals surface area contributed by atoms with E-state index >= 15 is 0 Å². The molecule has 1 aromatic carbocycles. The highest BCUT2D eigenvalue weighted by molar-refractivity contribution is 14.1. The molecule has 0 spiro atoms. The molecule has 220 valence electrons. The molecule has 13 heteroatoms. The topological polar surface area (TPSA) is 87.7 Å². The first kappa shape index (κ1) is 30.0. The first-order valence-corrected chi connectivity index (χ1v) is 16.1. The van der Waals surface area contributed by atoms with Gasteiger partial charge in [-0.25, -0.2) is 18.1 Å². The lowest BCUT2D eigenvalue weighted by molar-refractivity contribution is -0.137. The third kappa shape index (κ3) is 7.87. The van der Waals surface area contributed by atoms with Gasteiger partial charge in [-0.15, -0.1) is 0 Å². The summed E-state index contributed by atoms with van der Waals surface area (Å²) in [5, 5.41) is 0.